The Bertz CT molecular complexity index is 506. The number of nitrogens with one attached hydrogen (secondary N) is 2. The summed E-state index contributed by atoms with van der Waals surface area (Å²) >= 11 is 0. The largest absolute Gasteiger partial charge is 0.381 e. The zero-order chi connectivity index (χ0) is 16.1. The van der Waals surface area contributed by atoms with E-state index in [1.807, 2.05) is 18.7 Å². The Morgan fingerprint density at radius 3 is 2.82 bits per heavy atom. The Morgan fingerprint density at radius 1 is 1.45 bits per heavy atom. The van der Waals surface area contributed by atoms with Crippen molar-refractivity contribution in [1.29, 1.82) is 0 Å². The Kier molecular flexibility index (Phi) is 5.83. The summed E-state index contributed by atoms with van der Waals surface area (Å²) in [5.41, 5.74) is 3.41. The number of hydrogen-bond acceptors (Lipinski definition) is 3. The van der Waals surface area contributed by atoms with E-state index < -0.39 is 0 Å². The third kappa shape index (κ3) is 3.80. The normalized spacial score (nSPS) is 19.2. The molecule has 1 aromatic rings. The molecule has 0 unspecified atom stereocenters. The van der Waals surface area contributed by atoms with Crippen LogP contribution in [0.4, 0.5) is 4.79 Å². The second-order valence-corrected chi connectivity index (χ2v) is 5.94. The van der Waals surface area contributed by atoms with E-state index in [-0.39, 0.29) is 12.1 Å². The lowest BCUT2D eigenvalue weighted by Crippen LogP contribution is -2.44. The van der Waals surface area contributed by atoms with Gasteiger partial charge in [-0.15, -0.1) is 0 Å². The fraction of sp³-hybridized carbons (Fsp3) is 0.750. The van der Waals surface area contributed by atoms with Gasteiger partial charge >= 0.3 is 6.03 Å². The molecule has 1 aliphatic heterocycles. The van der Waals surface area contributed by atoms with E-state index in [9.17, 15) is 4.79 Å². The first-order valence-electron chi connectivity index (χ1n) is 8.22. The molecule has 2 heterocycles. The number of hydrogen-bond donors (Lipinski definition) is 2. The molecular weight excluding hydrogens is 280 g/mol. The monoisotopic (exact) mass is 308 g/mol. The summed E-state index contributed by atoms with van der Waals surface area (Å²) in [7, 11) is 1.96. The minimum absolute atomic E-state index is 0.118. The van der Waals surface area contributed by atoms with Crippen molar-refractivity contribution in [1.82, 2.24) is 20.4 Å². The summed E-state index contributed by atoms with van der Waals surface area (Å²) < 4.78 is 7.29. The minimum atomic E-state index is -0.118. The Hall–Kier alpha value is -1.56. The van der Waals surface area contributed by atoms with Gasteiger partial charge < -0.3 is 15.4 Å². The number of ether oxygens (including phenoxy) is 1. The molecule has 2 rings (SSSR count). The highest BCUT2D eigenvalue weighted by molar-refractivity contribution is 5.74. The Morgan fingerprint density at radius 2 is 2.23 bits per heavy atom. The van der Waals surface area contributed by atoms with Crippen LogP contribution >= 0.6 is 0 Å². The maximum atomic E-state index is 12.1. The molecule has 1 fully saturated rings. The molecular formula is C16H28N4O2. The molecule has 1 aliphatic rings. The second kappa shape index (κ2) is 7.63. The van der Waals surface area contributed by atoms with Crippen LogP contribution in [0.2, 0.25) is 0 Å². The van der Waals surface area contributed by atoms with Gasteiger partial charge in [-0.2, -0.15) is 5.10 Å². The Balaban J connectivity index is 1.90. The van der Waals surface area contributed by atoms with Crippen molar-refractivity contribution >= 4 is 6.03 Å². The number of nitrogens with zero attached hydrogens (tertiary/aromatic N) is 2. The first kappa shape index (κ1) is 16.8. The van der Waals surface area contributed by atoms with Gasteiger partial charge in [0.15, 0.2) is 0 Å². The van der Waals surface area contributed by atoms with Gasteiger partial charge in [-0.25, -0.2) is 4.79 Å². The van der Waals surface area contributed by atoms with E-state index in [1.54, 1.807) is 0 Å². The molecule has 0 bridgehead atoms. The van der Waals surface area contributed by atoms with E-state index in [2.05, 4.69) is 29.6 Å². The molecule has 124 valence electrons. The van der Waals surface area contributed by atoms with Gasteiger partial charge in [-0.05, 0) is 26.2 Å². The average Bonchev–Trinajstić information content (AvgIpc) is 3.12. The lowest BCUT2D eigenvalue weighted by Gasteiger charge is -2.19. The molecule has 0 spiro atoms. The molecule has 0 saturated carbocycles. The van der Waals surface area contributed by atoms with Crippen LogP contribution in [-0.4, -0.2) is 35.1 Å². The average molecular weight is 308 g/mol. The summed E-state index contributed by atoms with van der Waals surface area (Å²) in [5.74, 6) is 0.418. The minimum Gasteiger partial charge on any atom is -0.381 e. The fourth-order valence-corrected chi connectivity index (χ4v) is 3.09. The number of aryl methyl sites for hydroxylation is 2. The van der Waals surface area contributed by atoms with Crippen LogP contribution in [0.1, 0.15) is 44.1 Å². The van der Waals surface area contributed by atoms with Crippen LogP contribution in [-0.2, 0) is 31.2 Å². The van der Waals surface area contributed by atoms with Gasteiger partial charge in [-0.1, -0.05) is 13.8 Å². The predicted molar refractivity (Wildman–Crippen MR) is 85.7 cm³/mol. The Labute approximate surface area is 132 Å². The van der Waals surface area contributed by atoms with Crippen molar-refractivity contribution in [2.75, 3.05) is 13.2 Å². The van der Waals surface area contributed by atoms with Gasteiger partial charge in [-0.3, -0.25) is 4.68 Å². The molecule has 0 aromatic carbocycles. The molecule has 0 aliphatic carbocycles. The van der Waals surface area contributed by atoms with Crippen LogP contribution < -0.4 is 10.6 Å². The van der Waals surface area contributed by atoms with Gasteiger partial charge in [0.1, 0.15) is 0 Å². The molecule has 2 atom stereocenters. The highest BCUT2D eigenvalue weighted by Gasteiger charge is 2.23. The maximum Gasteiger partial charge on any atom is 0.315 e. The lowest BCUT2D eigenvalue weighted by atomic mass is 10.0. The summed E-state index contributed by atoms with van der Waals surface area (Å²) in [6.07, 6.45) is 2.81. The third-order valence-corrected chi connectivity index (χ3v) is 4.48. The number of carbonyl (C=O) groups is 1. The van der Waals surface area contributed by atoms with E-state index in [1.165, 1.54) is 5.69 Å². The summed E-state index contributed by atoms with van der Waals surface area (Å²) in [6.45, 7) is 8.31. The lowest BCUT2D eigenvalue weighted by molar-refractivity contribution is 0.178. The zero-order valence-corrected chi connectivity index (χ0v) is 14.1. The SMILES string of the molecule is CCc1nn(C)c(CC)c1CNC(=O)N[C@@H](C)[C@@H]1CCOC1. The molecule has 1 aromatic heterocycles. The first-order chi connectivity index (χ1) is 10.6. The van der Waals surface area contributed by atoms with Crippen LogP contribution in [0.25, 0.3) is 0 Å². The van der Waals surface area contributed by atoms with Crippen molar-refractivity contribution in [2.24, 2.45) is 13.0 Å². The number of aromatic nitrogens is 2. The molecule has 2 amide bonds. The standard InChI is InChI=1S/C16H28N4O2/c1-5-14-13(15(6-2)20(4)19-14)9-17-16(21)18-11(3)12-7-8-22-10-12/h11-12H,5-10H2,1-4H3,(H2,17,18,21)/t11-,12+/m0/s1. The van der Waals surface area contributed by atoms with Crippen molar-refractivity contribution in [3.63, 3.8) is 0 Å². The molecule has 6 heteroatoms. The highest BCUT2D eigenvalue weighted by atomic mass is 16.5. The summed E-state index contributed by atoms with van der Waals surface area (Å²) in [5, 5.41) is 10.5. The summed E-state index contributed by atoms with van der Waals surface area (Å²) in [6, 6.07) is 0.0139. The van der Waals surface area contributed by atoms with Crippen LogP contribution in [0.5, 0.6) is 0 Å². The number of rotatable bonds is 6. The molecule has 2 N–H and O–H groups in total. The van der Waals surface area contributed by atoms with Gasteiger partial charge in [0.2, 0.25) is 0 Å². The zero-order valence-electron chi connectivity index (χ0n) is 14.1. The molecule has 6 nitrogen and oxygen atoms in total. The smallest absolute Gasteiger partial charge is 0.315 e. The van der Waals surface area contributed by atoms with Gasteiger partial charge in [0.25, 0.3) is 0 Å². The molecule has 0 radical (unpaired) electrons. The maximum absolute atomic E-state index is 12.1. The van der Waals surface area contributed by atoms with E-state index in [4.69, 9.17) is 4.74 Å². The first-order valence-corrected chi connectivity index (χ1v) is 8.22. The molecule has 22 heavy (non-hydrogen) atoms. The van der Waals surface area contributed by atoms with Crippen LogP contribution in [0, 0.1) is 5.92 Å². The summed E-state index contributed by atoms with van der Waals surface area (Å²) in [4.78, 5) is 12.1. The number of amides is 2. The van der Waals surface area contributed by atoms with Crippen molar-refractivity contribution in [2.45, 2.75) is 52.6 Å². The highest BCUT2D eigenvalue weighted by Crippen LogP contribution is 2.17. The van der Waals surface area contributed by atoms with E-state index in [0.717, 1.165) is 43.7 Å². The van der Waals surface area contributed by atoms with Crippen molar-refractivity contribution in [3.05, 3.63) is 17.0 Å². The van der Waals surface area contributed by atoms with Gasteiger partial charge in [0, 0.05) is 43.4 Å². The van der Waals surface area contributed by atoms with E-state index in [0.29, 0.717) is 12.5 Å². The molecule has 1 saturated heterocycles. The predicted octanol–water partition coefficient (Wildman–Crippen LogP) is 1.77. The topological polar surface area (TPSA) is 68.2 Å². The van der Waals surface area contributed by atoms with Crippen molar-refractivity contribution < 1.29 is 9.53 Å². The third-order valence-electron chi connectivity index (χ3n) is 4.48. The van der Waals surface area contributed by atoms with Crippen LogP contribution in [0.3, 0.4) is 0 Å². The van der Waals surface area contributed by atoms with Crippen LogP contribution in [0.15, 0.2) is 0 Å². The fourth-order valence-electron chi connectivity index (χ4n) is 3.09. The van der Waals surface area contributed by atoms with Gasteiger partial charge in [0.05, 0.1) is 12.3 Å². The second-order valence-electron chi connectivity index (χ2n) is 5.94. The number of carbonyl (C=O) groups excluding carboxylic acids is 1. The quantitative estimate of drug-likeness (QED) is 0.841. The number of urea groups is 1. The van der Waals surface area contributed by atoms with Crippen molar-refractivity contribution in [3.8, 4) is 0 Å². The van der Waals surface area contributed by atoms with E-state index >= 15 is 0 Å².